The van der Waals surface area contributed by atoms with Crippen LogP contribution in [0, 0.1) is 0 Å². The number of aromatic amines is 1. The number of anilines is 1. The van der Waals surface area contributed by atoms with E-state index < -0.39 is 0 Å². The molecule has 5 rings (SSSR count). The van der Waals surface area contributed by atoms with Crippen LogP contribution in [0.3, 0.4) is 0 Å². The van der Waals surface area contributed by atoms with Gasteiger partial charge in [0, 0.05) is 23.5 Å². The first-order valence-corrected chi connectivity index (χ1v) is 10.6. The maximum Gasteiger partial charge on any atom is 0.276 e. The molecule has 0 aliphatic heterocycles. The molecule has 3 N–H and O–H groups in total. The fourth-order valence-electron chi connectivity index (χ4n) is 4.03. The fourth-order valence-corrected chi connectivity index (χ4v) is 4.03. The van der Waals surface area contributed by atoms with Crippen molar-refractivity contribution >= 4 is 11.3 Å². The Morgan fingerprint density at radius 1 is 1.03 bits per heavy atom. The van der Waals surface area contributed by atoms with Crippen LogP contribution in [0.4, 0.5) is 5.69 Å². The number of hydrogen-bond acceptors (Lipinski definition) is 4. The summed E-state index contributed by atoms with van der Waals surface area (Å²) < 4.78 is 3.27. The van der Waals surface area contributed by atoms with Crippen LogP contribution in [0.25, 0.3) is 28.0 Å². The Balaban J connectivity index is 1.51. The SMILES string of the molecule is CC(C)c1c(-c2cnn(Cc3cccc(-c4ccccc4)c3)c2)nc2c(N)c[nH]n2c1=O. The molecule has 0 amide bonds. The molecular formula is C25H24N6O. The predicted molar refractivity (Wildman–Crippen MR) is 127 cm³/mol. The van der Waals surface area contributed by atoms with E-state index in [4.69, 9.17) is 10.7 Å². The molecule has 0 radical (unpaired) electrons. The lowest BCUT2D eigenvalue weighted by molar-refractivity contribution is 0.687. The van der Waals surface area contributed by atoms with Gasteiger partial charge >= 0.3 is 0 Å². The lowest BCUT2D eigenvalue weighted by Gasteiger charge is -2.10. The van der Waals surface area contributed by atoms with E-state index in [-0.39, 0.29) is 11.5 Å². The van der Waals surface area contributed by atoms with Crippen LogP contribution >= 0.6 is 0 Å². The highest BCUT2D eigenvalue weighted by molar-refractivity contribution is 5.70. The van der Waals surface area contributed by atoms with Crippen molar-refractivity contribution in [2.24, 2.45) is 0 Å². The minimum Gasteiger partial charge on any atom is -0.394 e. The van der Waals surface area contributed by atoms with Gasteiger partial charge in [0.2, 0.25) is 0 Å². The molecule has 160 valence electrons. The van der Waals surface area contributed by atoms with E-state index in [1.807, 2.05) is 42.9 Å². The summed E-state index contributed by atoms with van der Waals surface area (Å²) in [4.78, 5) is 17.8. The second-order valence-electron chi connectivity index (χ2n) is 8.21. The molecule has 0 fully saturated rings. The highest BCUT2D eigenvalue weighted by Gasteiger charge is 2.20. The number of rotatable bonds is 5. The molecule has 0 aliphatic carbocycles. The standard InChI is InChI=1S/C25H24N6O/c1-16(2)22-23(29-24-21(26)13-28-31(24)25(22)32)20-12-27-30(15-20)14-17-7-6-10-19(11-17)18-8-4-3-5-9-18/h3-13,15-16,28H,14,26H2,1-2H3. The Bertz CT molecular complexity index is 1460. The minimum atomic E-state index is -0.139. The highest BCUT2D eigenvalue weighted by Crippen LogP contribution is 2.27. The number of nitrogens with zero attached hydrogens (tertiary/aromatic N) is 4. The maximum atomic E-state index is 13.1. The van der Waals surface area contributed by atoms with Crippen LogP contribution in [-0.4, -0.2) is 24.4 Å². The first kappa shape index (κ1) is 19.8. The van der Waals surface area contributed by atoms with Gasteiger partial charge in [-0.3, -0.25) is 14.6 Å². The first-order valence-electron chi connectivity index (χ1n) is 10.6. The van der Waals surface area contributed by atoms with Gasteiger partial charge in [-0.25, -0.2) is 4.98 Å². The van der Waals surface area contributed by atoms with Crippen molar-refractivity contribution in [2.45, 2.75) is 26.3 Å². The van der Waals surface area contributed by atoms with Crippen molar-refractivity contribution in [1.82, 2.24) is 24.4 Å². The second kappa shape index (κ2) is 7.85. The normalized spacial score (nSPS) is 11.5. The van der Waals surface area contributed by atoms with Gasteiger partial charge in [0.25, 0.3) is 5.56 Å². The Hall–Kier alpha value is -4.13. The third-order valence-corrected chi connectivity index (χ3v) is 5.59. The Morgan fingerprint density at radius 2 is 1.81 bits per heavy atom. The second-order valence-corrected chi connectivity index (χ2v) is 8.21. The summed E-state index contributed by atoms with van der Waals surface area (Å²) >= 11 is 0. The highest BCUT2D eigenvalue weighted by atomic mass is 16.1. The Morgan fingerprint density at radius 3 is 2.59 bits per heavy atom. The summed E-state index contributed by atoms with van der Waals surface area (Å²) in [5.41, 5.74) is 12.3. The van der Waals surface area contributed by atoms with Crippen LogP contribution in [-0.2, 0) is 6.54 Å². The van der Waals surface area contributed by atoms with Crippen LogP contribution in [0.5, 0.6) is 0 Å². The molecule has 0 saturated carbocycles. The van der Waals surface area contributed by atoms with Gasteiger partial charge < -0.3 is 5.73 Å². The zero-order chi connectivity index (χ0) is 22.2. The molecule has 0 bridgehead atoms. The van der Waals surface area contributed by atoms with Gasteiger partial charge in [0.15, 0.2) is 5.65 Å². The summed E-state index contributed by atoms with van der Waals surface area (Å²) in [6.07, 6.45) is 5.27. The number of H-pyrrole nitrogens is 1. The largest absolute Gasteiger partial charge is 0.394 e. The predicted octanol–water partition coefficient (Wildman–Crippen LogP) is 4.31. The van der Waals surface area contributed by atoms with Crippen molar-refractivity contribution in [3.8, 4) is 22.4 Å². The number of fused-ring (bicyclic) bond motifs is 1. The van der Waals surface area contributed by atoms with E-state index in [1.54, 1.807) is 12.4 Å². The number of nitrogens with one attached hydrogen (secondary N) is 1. The van der Waals surface area contributed by atoms with Crippen LogP contribution in [0.1, 0.15) is 30.9 Å². The molecule has 5 aromatic rings. The Labute approximate surface area is 185 Å². The van der Waals surface area contributed by atoms with Crippen LogP contribution in [0.15, 0.2) is 78.0 Å². The molecule has 0 saturated heterocycles. The van der Waals surface area contributed by atoms with Gasteiger partial charge in [-0.05, 0) is 28.7 Å². The number of nitrogens with two attached hydrogens (primary N) is 1. The summed E-state index contributed by atoms with van der Waals surface area (Å²) in [6, 6.07) is 18.7. The van der Waals surface area contributed by atoms with Gasteiger partial charge in [-0.2, -0.15) is 9.61 Å². The lowest BCUT2D eigenvalue weighted by Crippen LogP contribution is -2.22. The minimum absolute atomic E-state index is 0.00247. The lowest BCUT2D eigenvalue weighted by atomic mass is 10.00. The molecule has 0 spiro atoms. The first-order chi connectivity index (χ1) is 15.5. The number of benzene rings is 2. The van der Waals surface area contributed by atoms with E-state index >= 15 is 0 Å². The molecule has 0 atom stereocenters. The average Bonchev–Trinajstić information content (AvgIpc) is 3.41. The summed E-state index contributed by atoms with van der Waals surface area (Å²) in [5, 5.41) is 7.42. The number of aromatic nitrogens is 5. The summed E-state index contributed by atoms with van der Waals surface area (Å²) in [7, 11) is 0. The molecule has 0 aliphatic rings. The van der Waals surface area contributed by atoms with Crippen molar-refractivity contribution in [2.75, 3.05) is 5.73 Å². The quantitative estimate of drug-likeness (QED) is 0.440. The van der Waals surface area contributed by atoms with Crippen molar-refractivity contribution in [1.29, 1.82) is 0 Å². The van der Waals surface area contributed by atoms with Crippen molar-refractivity contribution in [3.63, 3.8) is 0 Å². The average molecular weight is 425 g/mol. The maximum absolute atomic E-state index is 13.1. The fraction of sp³-hybridized carbons (Fsp3) is 0.160. The molecule has 3 aromatic heterocycles. The number of nitrogen functional groups attached to an aromatic ring is 1. The van der Waals surface area contributed by atoms with E-state index in [1.165, 1.54) is 15.6 Å². The van der Waals surface area contributed by atoms with E-state index in [0.717, 1.165) is 11.1 Å². The van der Waals surface area contributed by atoms with E-state index in [0.29, 0.717) is 29.1 Å². The van der Waals surface area contributed by atoms with Gasteiger partial charge in [0.05, 0.1) is 24.1 Å². The molecule has 7 nitrogen and oxygen atoms in total. The zero-order valence-corrected chi connectivity index (χ0v) is 18.0. The van der Waals surface area contributed by atoms with Crippen LogP contribution < -0.4 is 11.3 Å². The third-order valence-electron chi connectivity index (χ3n) is 5.59. The monoisotopic (exact) mass is 424 g/mol. The van der Waals surface area contributed by atoms with Crippen molar-refractivity contribution < 1.29 is 0 Å². The topological polar surface area (TPSA) is 94.0 Å². The van der Waals surface area contributed by atoms with Crippen molar-refractivity contribution in [3.05, 3.63) is 94.7 Å². The number of hydrogen-bond donors (Lipinski definition) is 2. The van der Waals surface area contributed by atoms with Gasteiger partial charge in [-0.1, -0.05) is 62.4 Å². The molecule has 0 unspecified atom stereocenters. The zero-order valence-electron chi connectivity index (χ0n) is 18.0. The molecular weight excluding hydrogens is 400 g/mol. The van der Waals surface area contributed by atoms with Crippen LogP contribution in [0.2, 0.25) is 0 Å². The van der Waals surface area contributed by atoms with E-state index in [9.17, 15) is 4.79 Å². The molecule has 32 heavy (non-hydrogen) atoms. The van der Waals surface area contributed by atoms with E-state index in [2.05, 4.69) is 46.6 Å². The smallest absolute Gasteiger partial charge is 0.276 e. The molecule has 7 heteroatoms. The van der Waals surface area contributed by atoms with Gasteiger partial charge in [-0.15, -0.1) is 0 Å². The third kappa shape index (κ3) is 3.47. The van der Waals surface area contributed by atoms with Gasteiger partial charge in [0.1, 0.15) is 0 Å². The summed E-state index contributed by atoms with van der Waals surface area (Å²) in [5.74, 6) is -0.00247. The molecule has 2 aromatic carbocycles. The Kier molecular flexibility index (Phi) is 4.86. The summed E-state index contributed by atoms with van der Waals surface area (Å²) in [6.45, 7) is 4.59. The molecule has 3 heterocycles.